The molecule has 82 valence electrons. The molecule has 2 N–H and O–H groups in total. The Kier molecular flexibility index (Phi) is 3.06. The van der Waals surface area contributed by atoms with Crippen LogP contribution in [0.15, 0.2) is 16.5 Å². The van der Waals surface area contributed by atoms with Crippen molar-refractivity contribution >= 4 is 11.8 Å². The molecule has 1 amide bonds. The second kappa shape index (κ2) is 4.49. The first kappa shape index (κ1) is 10.2. The largest absolute Gasteiger partial charge is 0.446 e. The molecule has 0 aromatic carbocycles. The van der Waals surface area contributed by atoms with Gasteiger partial charge in [0.1, 0.15) is 5.76 Å². The molecule has 1 aromatic rings. The summed E-state index contributed by atoms with van der Waals surface area (Å²) in [5.41, 5.74) is 0. The van der Waals surface area contributed by atoms with Gasteiger partial charge in [-0.1, -0.05) is 0 Å². The minimum absolute atomic E-state index is 0.0174. The SMILES string of the molecule is Cc1ccc(NC(=O)CC2CCCN2)o1. The third kappa shape index (κ3) is 2.83. The fourth-order valence-corrected chi connectivity index (χ4v) is 1.84. The number of aryl methyl sites for hydroxylation is 1. The Hall–Kier alpha value is -1.29. The van der Waals surface area contributed by atoms with E-state index in [4.69, 9.17) is 4.42 Å². The normalized spacial score (nSPS) is 20.5. The minimum atomic E-state index is 0.0174. The molecule has 1 aromatic heterocycles. The van der Waals surface area contributed by atoms with Crippen LogP contribution in [0.3, 0.4) is 0 Å². The number of rotatable bonds is 3. The molecule has 1 unspecified atom stereocenters. The second-order valence-electron chi connectivity index (χ2n) is 3.96. The monoisotopic (exact) mass is 208 g/mol. The van der Waals surface area contributed by atoms with Gasteiger partial charge < -0.3 is 9.73 Å². The minimum Gasteiger partial charge on any atom is -0.446 e. The molecule has 0 radical (unpaired) electrons. The van der Waals surface area contributed by atoms with Crippen molar-refractivity contribution in [3.8, 4) is 0 Å². The number of hydrogen-bond acceptors (Lipinski definition) is 3. The first-order chi connectivity index (χ1) is 7.24. The lowest BCUT2D eigenvalue weighted by Gasteiger charge is -2.08. The molecule has 0 saturated carbocycles. The van der Waals surface area contributed by atoms with Crippen molar-refractivity contribution in [2.24, 2.45) is 0 Å². The van der Waals surface area contributed by atoms with Crippen LogP contribution in [0.1, 0.15) is 25.0 Å². The molecule has 1 saturated heterocycles. The smallest absolute Gasteiger partial charge is 0.228 e. The van der Waals surface area contributed by atoms with Crippen LogP contribution < -0.4 is 10.6 Å². The van der Waals surface area contributed by atoms with Crippen LogP contribution >= 0.6 is 0 Å². The van der Waals surface area contributed by atoms with Crippen molar-refractivity contribution in [1.82, 2.24) is 5.32 Å². The molecule has 0 bridgehead atoms. The summed E-state index contributed by atoms with van der Waals surface area (Å²) in [5.74, 6) is 1.36. The molecule has 2 heterocycles. The van der Waals surface area contributed by atoms with E-state index in [2.05, 4.69) is 10.6 Å². The molecular formula is C11H16N2O2. The third-order valence-corrected chi connectivity index (χ3v) is 2.60. The maximum atomic E-state index is 11.6. The highest BCUT2D eigenvalue weighted by Crippen LogP contribution is 2.14. The van der Waals surface area contributed by atoms with E-state index < -0.39 is 0 Å². The molecular weight excluding hydrogens is 192 g/mol. The average Bonchev–Trinajstić information content (AvgIpc) is 2.77. The van der Waals surface area contributed by atoms with Gasteiger partial charge in [0.25, 0.3) is 0 Å². The van der Waals surface area contributed by atoms with Crippen molar-refractivity contribution in [3.05, 3.63) is 17.9 Å². The highest BCUT2D eigenvalue weighted by molar-refractivity contribution is 5.89. The maximum absolute atomic E-state index is 11.6. The summed E-state index contributed by atoms with van der Waals surface area (Å²) in [6.45, 7) is 2.88. The van der Waals surface area contributed by atoms with Crippen LogP contribution in [0.5, 0.6) is 0 Å². The van der Waals surface area contributed by atoms with Gasteiger partial charge in [0.2, 0.25) is 5.91 Å². The third-order valence-electron chi connectivity index (χ3n) is 2.60. The molecule has 1 fully saturated rings. The van der Waals surface area contributed by atoms with Gasteiger partial charge in [-0.05, 0) is 32.4 Å². The summed E-state index contributed by atoms with van der Waals surface area (Å²) in [6.07, 6.45) is 2.78. The fraction of sp³-hybridized carbons (Fsp3) is 0.545. The summed E-state index contributed by atoms with van der Waals surface area (Å²) in [7, 11) is 0. The van der Waals surface area contributed by atoms with Crippen molar-refractivity contribution in [3.63, 3.8) is 0 Å². The molecule has 4 nitrogen and oxygen atoms in total. The molecule has 2 rings (SSSR count). The van der Waals surface area contributed by atoms with Crippen LogP contribution in [0.2, 0.25) is 0 Å². The fourth-order valence-electron chi connectivity index (χ4n) is 1.84. The van der Waals surface area contributed by atoms with Crippen LogP contribution in [-0.4, -0.2) is 18.5 Å². The number of carbonyl (C=O) groups is 1. The van der Waals surface area contributed by atoms with Gasteiger partial charge >= 0.3 is 0 Å². The lowest BCUT2D eigenvalue weighted by molar-refractivity contribution is -0.116. The molecule has 1 aliphatic heterocycles. The predicted molar refractivity (Wildman–Crippen MR) is 57.7 cm³/mol. The zero-order valence-electron chi connectivity index (χ0n) is 8.88. The Bertz CT molecular complexity index is 340. The van der Waals surface area contributed by atoms with Gasteiger partial charge in [-0.25, -0.2) is 0 Å². The first-order valence-electron chi connectivity index (χ1n) is 5.34. The summed E-state index contributed by atoms with van der Waals surface area (Å²) >= 11 is 0. The molecule has 1 atom stereocenters. The maximum Gasteiger partial charge on any atom is 0.228 e. The average molecular weight is 208 g/mol. The summed E-state index contributed by atoms with van der Waals surface area (Å²) < 4.78 is 5.27. The molecule has 4 heteroatoms. The van der Waals surface area contributed by atoms with Crippen LogP contribution in [0, 0.1) is 6.92 Å². The van der Waals surface area contributed by atoms with E-state index >= 15 is 0 Å². The van der Waals surface area contributed by atoms with Crippen molar-refractivity contribution < 1.29 is 9.21 Å². The van der Waals surface area contributed by atoms with Gasteiger partial charge in [-0.15, -0.1) is 0 Å². The number of amides is 1. The zero-order chi connectivity index (χ0) is 10.7. The molecule has 15 heavy (non-hydrogen) atoms. The number of hydrogen-bond donors (Lipinski definition) is 2. The lowest BCUT2D eigenvalue weighted by Crippen LogP contribution is -2.27. The topological polar surface area (TPSA) is 54.3 Å². The Morgan fingerprint density at radius 2 is 2.53 bits per heavy atom. The van der Waals surface area contributed by atoms with E-state index in [1.165, 1.54) is 0 Å². The van der Waals surface area contributed by atoms with Crippen molar-refractivity contribution in [2.45, 2.75) is 32.2 Å². The molecule has 0 spiro atoms. The second-order valence-corrected chi connectivity index (χ2v) is 3.96. The molecule has 0 aliphatic carbocycles. The standard InChI is InChI=1S/C11H16N2O2/c1-8-4-5-11(15-8)13-10(14)7-9-3-2-6-12-9/h4-5,9,12H,2-3,6-7H2,1H3,(H,13,14). The highest BCUT2D eigenvalue weighted by Gasteiger charge is 2.17. The Balaban J connectivity index is 1.81. The first-order valence-corrected chi connectivity index (χ1v) is 5.34. The van der Waals surface area contributed by atoms with E-state index in [9.17, 15) is 4.79 Å². The van der Waals surface area contributed by atoms with E-state index in [-0.39, 0.29) is 5.91 Å². The van der Waals surface area contributed by atoms with Crippen LogP contribution in [0.4, 0.5) is 5.88 Å². The van der Waals surface area contributed by atoms with Gasteiger partial charge in [0, 0.05) is 18.5 Å². The van der Waals surface area contributed by atoms with Gasteiger partial charge in [0.05, 0.1) is 0 Å². The Labute approximate surface area is 89.0 Å². The highest BCUT2D eigenvalue weighted by atomic mass is 16.4. The molecule has 1 aliphatic rings. The van der Waals surface area contributed by atoms with Crippen LogP contribution in [0.25, 0.3) is 0 Å². The summed E-state index contributed by atoms with van der Waals surface area (Å²) in [4.78, 5) is 11.6. The number of anilines is 1. The summed E-state index contributed by atoms with van der Waals surface area (Å²) in [6, 6.07) is 3.94. The van der Waals surface area contributed by atoms with Crippen molar-refractivity contribution in [2.75, 3.05) is 11.9 Å². The lowest BCUT2D eigenvalue weighted by atomic mass is 10.1. The Morgan fingerprint density at radius 1 is 1.67 bits per heavy atom. The Morgan fingerprint density at radius 3 is 3.13 bits per heavy atom. The quantitative estimate of drug-likeness (QED) is 0.794. The zero-order valence-corrected chi connectivity index (χ0v) is 8.88. The van der Waals surface area contributed by atoms with Crippen molar-refractivity contribution in [1.29, 1.82) is 0 Å². The van der Waals surface area contributed by atoms with E-state index in [0.717, 1.165) is 25.1 Å². The summed E-state index contributed by atoms with van der Waals surface area (Å²) in [5, 5.41) is 6.03. The van der Waals surface area contributed by atoms with Crippen LogP contribution in [-0.2, 0) is 4.79 Å². The number of nitrogens with one attached hydrogen (secondary N) is 2. The van der Waals surface area contributed by atoms with Gasteiger partial charge in [-0.3, -0.25) is 10.1 Å². The van der Waals surface area contributed by atoms with E-state index in [0.29, 0.717) is 18.3 Å². The van der Waals surface area contributed by atoms with Gasteiger partial charge in [-0.2, -0.15) is 0 Å². The number of carbonyl (C=O) groups excluding carboxylic acids is 1. The van der Waals surface area contributed by atoms with E-state index in [1.807, 2.05) is 13.0 Å². The number of furan rings is 1. The van der Waals surface area contributed by atoms with Gasteiger partial charge in [0.15, 0.2) is 5.88 Å². The predicted octanol–water partition coefficient (Wildman–Crippen LogP) is 1.67. The van der Waals surface area contributed by atoms with E-state index in [1.54, 1.807) is 6.07 Å².